The monoisotopic (exact) mass is 306 g/mol. The average Bonchev–Trinajstić information content (AvgIpc) is 2.20. The van der Waals surface area contributed by atoms with Crippen molar-refractivity contribution in [1.29, 1.82) is 0 Å². The Bertz CT molecular complexity index is 351. The fourth-order valence-corrected chi connectivity index (χ4v) is 3.70. The lowest BCUT2D eigenvalue weighted by molar-refractivity contribution is -0.149. The SMILES string of the molecule is CC(=O)OCCC[Si](OC(C)=O)(OC(C)=O)OC(C)=O. The molecule has 8 nitrogen and oxygen atoms in total. The van der Waals surface area contributed by atoms with Crippen LogP contribution in [-0.4, -0.2) is 39.3 Å². The number of rotatable bonds is 7. The highest BCUT2D eigenvalue weighted by Gasteiger charge is 2.51. The molecule has 9 heteroatoms. The summed E-state index contributed by atoms with van der Waals surface area (Å²) in [6, 6.07) is -0.0149. The maximum absolute atomic E-state index is 11.1. The van der Waals surface area contributed by atoms with Gasteiger partial charge >= 0.3 is 14.8 Å². The number of esters is 1. The van der Waals surface area contributed by atoms with Crippen molar-refractivity contribution in [2.75, 3.05) is 6.61 Å². The largest absolute Gasteiger partial charge is 0.705 e. The molecule has 0 radical (unpaired) electrons. The fourth-order valence-electron chi connectivity index (χ4n) is 1.38. The van der Waals surface area contributed by atoms with E-state index in [1.807, 2.05) is 0 Å². The summed E-state index contributed by atoms with van der Waals surface area (Å²) in [6.07, 6.45) is 0.222. The first-order valence-corrected chi connectivity index (χ1v) is 7.82. The molecule has 0 aliphatic heterocycles. The van der Waals surface area contributed by atoms with E-state index in [1.165, 1.54) is 6.92 Å². The molecule has 20 heavy (non-hydrogen) atoms. The van der Waals surface area contributed by atoms with E-state index in [0.29, 0.717) is 0 Å². The molecule has 0 fully saturated rings. The van der Waals surface area contributed by atoms with Crippen LogP contribution in [0.4, 0.5) is 0 Å². The van der Waals surface area contributed by atoms with E-state index in [9.17, 15) is 19.2 Å². The van der Waals surface area contributed by atoms with E-state index in [4.69, 9.17) is 18.0 Å². The number of hydrogen-bond acceptors (Lipinski definition) is 8. The minimum absolute atomic E-state index is 0.0149. The molecule has 0 saturated carbocycles. The van der Waals surface area contributed by atoms with Crippen molar-refractivity contribution in [3.63, 3.8) is 0 Å². The van der Waals surface area contributed by atoms with Crippen molar-refractivity contribution in [3.8, 4) is 0 Å². The van der Waals surface area contributed by atoms with Crippen molar-refractivity contribution in [2.45, 2.75) is 40.2 Å². The summed E-state index contributed by atoms with van der Waals surface area (Å²) in [6.45, 7) is 4.62. The second-order valence-electron chi connectivity index (χ2n) is 3.91. The van der Waals surface area contributed by atoms with Gasteiger partial charge in [-0.2, -0.15) is 0 Å². The van der Waals surface area contributed by atoms with Gasteiger partial charge in [-0.25, -0.2) is 0 Å². The Morgan fingerprint density at radius 3 is 1.45 bits per heavy atom. The maximum Gasteiger partial charge on any atom is 0.705 e. The van der Waals surface area contributed by atoms with Gasteiger partial charge in [0.05, 0.1) is 12.7 Å². The molecule has 0 amide bonds. The van der Waals surface area contributed by atoms with E-state index in [1.54, 1.807) is 0 Å². The topological polar surface area (TPSA) is 105 Å². The molecule has 0 aromatic carbocycles. The first-order valence-electron chi connectivity index (χ1n) is 5.89. The lowest BCUT2D eigenvalue weighted by atomic mass is 10.5. The molecule has 0 N–H and O–H groups in total. The van der Waals surface area contributed by atoms with Crippen molar-refractivity contribution < 1.29 is 37.2 Å². The van der Waals surface area contributed by atoms with E-state index >= 15 is 0 Å². The molecule has 0 spiro atoms. The van der Waals surface area contributed by atoms with Gasteiger partial charge in [-0.15, -0.1) is 0 Å². The summed E-state index contributed by atoms with van der Waals surface area (Å²) < 4.78 is 19.5. The summed E-state index contributed by atoms with van der Waals surface area (Å²) >= 11 is 0. The molecule has 0 rings (SSSR count). The lowest BCUT2D eigenvalue weighted by Gasteiger charge is -2.26. The maximum atomic E-state index is 11.1. The van der Waals surface area contributed by atoms with Gasteiger partial charge < -0.3 is 18.0 Å². The third-order valence-electron chi connectivity index (χ3n) is 1.83. The fraction of sp³-hybridized carbons (Fsp3) is 0.636. The van der Waals surface area contributed by atoms with Crippen LogP contribution in [0.1, 0.15) is 34.1 Å². The molecular weight excluding hydrogens is 288 g/mol. The third kappa shape index (κ3) is 8.24. The van der Waals surface area contributed by atoms with Crippen LogP contribution >= 0.6 is 0 Å². The minimum atomic E-state index is -3.80. The van der Waals surface area contributed by atoms with Crippen molar-refractivity contribution in [3.05, 3.63) is 0 Å². The summed E-state index contributed by atoms with van der Waals surface area (Å²) in [5.41, 5.74) is 0. The van der Waals surface area contributed by atoms with Crippen molar-refractivity contribution in [2.24, 2.45) is 0 Å². The van der Waals surface area contributed by atoms with Crippen molar-refractivity contribution >= 4 is 32.7 Å². The molecule has 0 bridgehead atoms. The van der Waals surface area contributed by atoms with Crippen LogP contribution in [0, 0.1) is 0 Å². The standard InChI is InChI=1S/C11H18O8Si/c1-8(12)16-6-5-7-20(17-9(2)13,18-10(3)14)19-11(4)15/h5-7H2,1-4H3. The smallest absolute Gasteiger partial charge is 0.466 e. The molecule has 0 saturated heterocycles. The Morgan fingerprint density at radius 2 is 1.15 bits per heavy atom. The first kappa shape index (κ1) is 18.1. The molecule has 0 aromatic heterocycles. The number of hydrogen-bond donors (Lipinski definition) is 0. The molecule has 0 atom stereocenters. The number of carbonyl (C=O) groups excluding carboxylic acids is 4. The predicted molar refractivity (Wildman–Crippen MR) is 67.1 cm³/mol. The Morgan fingerprint density at radius 1 is 0.750 bits per heavy atom. The van der Waals surface area contributed by atoms with Crippen LogP contribution in [0.5, 0.6) is 0 Å². The molecule has 114 valence electrons. The van der Waals surface area contributed by atoms with Crippen LogP contribution in [0.3, 0.4) is 0 Å². The molecule has 0 aliphatic rings. The second kappa shape index (κ2) is 8.30. The molecule has 0 aromatic rings. The Kier molecular flexibility index (Phi) is 7.51. The van der Waals surface area contributed by atoms with E-state index in [0.717, 1.165) is 20.8 Å². The average molecular weight is 306 g/mol. The Balaban J connectivity index is 4.85. The summed E-state index contributed by atoms with van der Waals surface area (Å²) in [5.74, 6) is -2.66. The van der Waals surface area contributed by atoms with E-state index in [-0.39, 0.29) is 19.1 Å². The van der Waals surface area contributed by atoms with Gasteiger partial charge in [0.15, 0.2) is 0 Å². The van der Waals surface area contributed by atoms with Gasteiger partial charge in [0.25, 0.3) is 17.9 Å². The Hall–Kier alpha value is -1.90. The van der Waals surface area contributed by atoms with Gasteiger partial charge in [-0.05, 0) is 6.42 Å². The third-order valence-corrected chi connectivity index (χ3v) is 4.59. The zero-order valence-corrected chi connectivity index (χ0v) is 12.9. The highest BCUT2D eigenvalue weighted by atomic mass is 28.4. The van der Waals surface area contributed by atoms with Gasteiger partial charge in [0.2, 0.25) is 0 Å². The highest BCUT2D eigenvalue weighted by molar-refractivity contribution is 6.65. The molecular formula is C11H18O8Si. The van der Waals surface area contributed by atoms with Crippen molar-refractivity contribution in [1.82, 2.24) is 0 Å². The van der Waals surface area contributed by atoms with Crippen LogP contribution in [-0.2, 0) is 37.2 Å². The Labute approximate surface area is 117 Å². The van der Waals surface area contributed by atoms with Gasteiger partial charge in [-0.3, -0.25) is 19.2 Å². The van der Waals surface area contributed by atoms with E-state index < -0.39 is 32.7 Å². The zero-order chi connectivity index (χ0) is 15.8. The first-order chi connectivity index (χ1) is 9.17. The summed E-state index contributed by atoms with van der Waals surface area (Å²) in [4.78, 5) is 44.0. The predicted octanol–water partition coefficient (Wildman–Crippen LogP) is 0.568. The van der Waals surface area contributed by atoms with Gasteiger partial charge in [-0.1, -0.05) is 0 Å². The summed E-state index contributed by atoms with van der Waals surface area (Å²) in [5, 5.41) is 0. The minimum Gasteiger partial charge on any atom is -0.466 e. The summed E-state index contributed by atoms with van der Waals surface area (Å²) in [7, 11) is -3.80. The number of carbonyl (C=O) groups is 4. The van der Waals surface area contributed by atoms with E-state index in [2.05, 4.69) is 0 Å². The van der Waals surface area contributed by atoms with Crippen LogP contribution in [0.25, 0.3) is 0 Å². The van der Waals surface area contributed by atoms with Gasteiger partial charge in [0, 0.05) is 27.7 Å². The van der Waals surface area contributed by atoms with Crippen LogP contribution in [0.2, 0.25) is 6.04 Å². The highest BCUT2D eigenvalue weighted by Crippen LogP contribution is 2.19. The van der Waals surface area contributed by atoms with Crippen LogP contribution in [0.15, 0.2) is 0 Å². The van der Waals surface area contributed by atoms with Crippen LogP contribution < -0.4 is 0 Å². The normalized spacial score (nSPS) is 10.4. The number of ether oxygens (including phenoxy) is 1. The molecule has 0 unspecified atom stereocenters. The molecule has 0 heterocycles. The quantitative estimate of drug-likeness (QED) is 0.382. The van der Waals surface area contributed by atoms with Gasteiger partial charge in [0.1, 0.15) is 0 Å². The second-order valence-corrected chi connectivity index (χ2v) is 6.39. The lowest BCUT2D eigenvalue weighted by Crippen LogP contribution is -2.49. The molecule has 0 aliphatic carbocycles. The zero-order valence-electron chi connectivity index (χ0n) is 11.9.